The quantitative estimate of drug-likeness (QED) is 0.587. The number of hydrogen-bond acceptors (Lipinski definition) is 1. The Bertz CT molecular complexity index is 229. The Morgan fingerprint density at radius 2 is 1.62 bits per heavy atom. The molecule has 0 saturated heterocycles. The average molecular weight is 331 g/mol. The molecule has 76 valence electrons. The smallest absolute Gasteiger partial charge is 0.120 e. The third-order valence-corrected chi connectivity index (χ3v) is 2.74. The van der Waals surface area contributed by atoms with Crippen LogP contribution in [0.1, 0.15) is 27.7 Å². The van der Waals surface area contributed by atoms with Crippen LogP contribution in [0.15, 0.2) is 21.3 Å². The molecule has 0 unspecified atom stereocenters. The minimum atomic E-state index is 0.630. The summed E-state index contributed by atoms with van der Waals surface area (Å²) in [4.78, 5) is 3.92. The molecule has 1 aromatic rings. The van der Waals surface area contributed by atoms with Gasteiger partial charge in [0.15, 0.2) is 0 Å². The molecule has 0 radical (unpaired) electrons. The van der Waals surface area contributed by atoms with Crippen LogP contribution in [0.3, 0.4) is 0 Å². The van der Waals surface area contributed by atoms with Gasteiger partial charge in [-0.05, 0) is 37.9 Å². The Morgan fingerprint density at radius 1 is 1.15 bits per heavy atom. The second-order valence-electron chi connectivity index (χ2n) is 1.43. The minimum Gasteiger partial charge on any atom is -0.247 e. The van der Waals surface area contributed by atoms with Crippen molar-refractivity contribution in [3.63, 3.8) is 0 Å². The summed E-state index contributed by atoms with van der Waals surface area (Å²) in [6.45, 7) is 8.00. The highest BCUT2D eigenvalue weighted by Crippen LogP contribution is 2.22. The van der Waals surface area contributed by atoms with Crippen LogP contribution in [0, 0.1) is 0 Å². The van der Waals surface area contributed by atoms with E-state index in [0.29, 0.717) is 5.02 Å². The van der Waals surface area contributed by atoms with E-state index in [9.17, 15) is 0 Å². The number of aromatic nitrogens is 1. The summed E-state index contributed by atoms with van der Waals surface area (Å²) in [5.41, 5.74) is 0. The number of halogens is 3. The van der Waals surface area contributed by atoms with E-state index in [-0.39, 0.29) is 0 Å². The number of pyridine rings is 1. The zero-order valence-electron chi connectivity index (χ0n) is 8.24. The summed E-state index contributed by atoms with van der Waals surface area (Å²) < 4.78 is 1.64. The monoisotopic (exact) mass is 329 g/mol. The van der Waals surface area contributed by atoms with Crippen molar-refractivity contribution >= 4 is 43.5 Å². The lowest BCUT2D eigenvalue weighted by Gasteiger charge is -1.92. The Balaban J connectivity index is 0. The number of hydrogen-bond donors (Lipinski definition) is 0. The summed E-state index contributed by atoms with van der Waals surface area (Å²) in [7, 11) is 0. The van der Waals surface area contributed by atoms with Crippen LogP contribution in [0.5, 0.6) is 0 Å². The molecule has 0 fully saturated rings. The highest BCUT2D eigenvalue weighted by molar-refractivity contribution is 9.13. The fourth-order valence-corrected chi connectivity index (χ4v) is 1.25. The summed E-state index contributed by atoms with van der Waals surface area (Å²) in [6, 6.07) is 1.78. The predicted octanol–water partition coefficient (Wildman–Crippen LogP) is 5.31. The molecular weight excluding hydrogens is 317 g/mol. The summed E-state index contributed by atoms with van der Waals surface area (Å²) in [5.74, 6) is 0. The van der Waals surface area contributed by atoms with Gasteiger partial charge in [0.25, 0.3) is 0 Å². The van der Waals surface area contributed by atoms with Gasteiger partial charge in [0.2, 0.25) is 0 Å². The first-order chi connectivity index (χ1) is 6.20. The van der Waals surface area contributed by atoms with E-state index in [1.54, 1.807) is 12.3 Å². The molecule has 0 aliphatic heterocycles. The molecule has 1 nitrogen and oxygen atoms in total. The van der Waals surface area contributed by atoms with E-state index in [2.05, 4.69) is 36.8 Å². The van der Waals surface area contributed by atoms with E-state index >= 15 is 0 Å². The van der Waals surface area contributed by atoms with Gasteiger partial charge in [-0.2, -0.15) is 0 Å². The largest absolute Gasteiger partial charge is 0.247 e. The first-order valence-corrected chi connectivity index (χ1v) is 6.13. The van der Waals surface area contributed by atoms with Gasteiger partial charge >= 0.3 is 0 Å². The average Bonchev–Trinajstić information content (AvgIpc) is 2.18. The standard InChI is InChI=1S/C5H2Br2ClN.2C2H6/c6-4-1-3(8)2-9-5(4)7;2*1-2/h1-2H;2*1-2H3. The van der Waals surface area contributed by atoms with E-state index in [4.69, 9.17) is 11.6 Å². The Labute approximate surface area is 102 Å². The third-order valence-electron chi connectivity index (χ3n) is 0.763. The van der Waals surface area contributed by atoms with E-state index in [0.717, 1.165) is 9.08 Å². The highest BCUT2D eigenvalue weighted by atomic mass is 79.9. The molecule has 13 heavy (non-hydrogen) atoms. The lowest BCUT2D eigenvalue weighted by molar-refractivity contribution is 1.26. The van der Waals surface area contributed by atoms with Crippen LogP contribution in [0.2, 0.25) is 5.02 Å². The van der Waals surface area contributed by atoms with E-state index < -0.39 is 0 Å². The molecule has 0 saturated carbocycles. The van der Waals surface area contributed by atoms with Crippen molar-refractivity contribution in [2.24, 2.45) is 0 Å². The third kappa shape index (κ3) is 7.47. The Hall–Kier alpha value is 0.400. The molecule has 0 aliphatic carbocycles. The van der Waals surface area contributed by atoms with Crippen LogP contribution < -0.4 is 0 Å². The predicted molar refractivity (Wildman–Crippen MR) is 67.3 cm³/mol. The summed E-state index contributed by atoms with van der Waals surface area (Å²) in [6.07, 6.45) is 1.58. The zero-order valence-corrected chi connectivity index (χ0v) is 12.2. The van der Waals surface area contributed by atoms with Gasteiger partial charge in [-0.1, -0.05) is 39.3 Å². The maximum absolute atomic E-state index is 5.60. The van der Waals surface area contributed by atoms with E-state index in [1.807, 2.05) is 27.7 Å². The molecule has 0 aromatic carbocycles. The minimum absolute atomic E-state index is 0.630. The van der Waals surface area contributed by atoms with Gasteiger partial charge in [0.1, 0.15) is 4.60 Å². The Kier molecular flexibility index (Phi) is 12.8. The van der Waals surface area contributed by atoms with Crippen molar-refractivity contribution in [1.82, 2.24) is 4.98 Å². The van der Waals surface area contributed by atoms with Crippen LogP contribution in [0.4, 0.5) is 0 Å². The van der Waals surface area contributed by atoms with Crippen LogP contribution in [-0.2, 0) is 0 Å². The molecule has 1 aromatic heterocycles. The van der Waals surface area contributed by atoms with Crippen LogP contribution >= 0.6 is 43.5 Å². The zero-order chi connectivity index (χ0) is 10.9. The fourth-order valence-electron chi connectivity index (χ4n) is 0.398. The van der Waals surface area contributed by atoms with Gasteiger partial charge in [-0.25, -0.2) is 4.98 Å². The normalized spacial score (nSPS) is 7.62. The molecule has 1 heterocycles. The van der Waals surface area contributed by atoms with Crippen molar-refractivity contribution in [1.29, 1.82) is 0 Å². The SMILES string of the molecule is CC.CC.Clc1cnc(Br)c(Br)c1. The first kappa shape index (κ1) is 15.9. The van der Waals surface area contributed by atoms with Gasteiger partial charge in [-0.3, -0.25) is 0 Å². The van der Waals surface area contributed by atoms with Crippen molar-refractivity contribution in [3.05, 3.63) is 26.4 Å². The lowest BCUT2D eigenvalue weighted by atomic mass is 10.5. The molecule has 0 N–H and O–H groups in total. The molecule has 0 aliphatic rings. The van der Waals surface area contributed by atoms with Crippen molar-refractivity contribution < 1.29 is 0 Å². The molecule has 0 atom stereocenters. The molecular formula is C9H14Br2ClN. The second-order valence-corrected chi connectivity index (χ2v) is 3.47. The summed E-state index contributed by atoms with van der Waals surface area (Å²) >= 11 is 12.1. The van der Waals surface area contributed by atoms with Crippen LogP contribution in [-0.4, -0.2) is 4.98 Å². The van der Waals surface area contributed by atoms with Crippen molar-refractivity contribution in [2.75, 3.05) is 0 Å². The van der Waals surface area contributed by atoms with Gasteiger partial charge in [-0.15, -0.1) is 0 Å². The maximum atomic E-state index is 5.60. The topological polar surface area (TPSA) is 12.9 Å². The molecule has 4 heteroatoms. The van der Waals surface area contributed by atoms with Gasteiger partial charge in [0, 0.05) is 6.20 Å². The fraction of sp³-hybridized carbons (Fsp3) is 0.444. The van der Waals surface area contributed by atoms with Crippen LogP contribution in [0.25, 0.3) is 0 Å². The molecule has 0 amide bonds. The van der Waals surface area contributed by atoms with E-state index in [1.165, 1.54) is 0 Å². The molecule has 0 bridgehead atoms. The first-order valence-electron chi connectivity index (χ1n) is 4.16. The lowest BCUT2D eigenvalue weighted by Crippen LogP contribution is -1.74. The molecule has 1 rings (SSSR count). The van der Waals surface area contributed by atoms with Gasteiger partial charge < -0.3 is 0 Å². The van der Waals surface area contributed by atoms with Gasteiger partial charge in [0.05, 0.1) is 9.50 Å². The number of nitrogens with zero attached hydrogens (tertiary/aromatic N) is 1. The highest BCUT2D eigenvalue weighted by Gasteiger charge is 1.95. The Morgan fingerprint density at radius 3 is 1.92 bits per heavy atom. The maximum Gasteiger partial charge on any atom is 0.120 e. The second kappa shape index (κ2) is 10.5. The molecule has 0 spiro atoms. The number of rotatable bonds is 0. The van der Waals surface area contributed by atoms with Crippen molar-refractivity contribution in [2.45, 2.75) is 27.7 Å². The summed E-state index contributed by atoms with van der Waals surface area (Å²) in [5, 5.41) is 0.630. The van der Waals surface area contributed by atoms with Crippen molar-refractivity contribution in [3.8, 4) is 0 Å².